The zero-order valence-corrected chi connectivity index (χ0v) is 5.99. The Labute approximate surface area is 55.9 Å². The molecule has 0 radical (unpaired) electrons. The first-order valence-electron chi connectivity index (χ1n) is 3.04. The van der Waals surface area contributed by atoms with E-state index in [0.717, 1.165) is 6.42 Å². The summed E-state index contributed by atoms with van der Waals surface area (Å²) in [6.07, 6.45) is 6.53. The zero-order chi connectivity index (χ0) is 6.24. The molecule has 0 bridgehead atoms. The van der Waals surface area contributed by atoms with E-state index in [2.05, 4.69) is 11.4 Å². The second-order valence-electron chi connectivity index (χ2n) is 1.78. The van der Waals surface area contributed by atoms with E-state index in [1.807, 2.05) is 0 Å². The van der Waals surface area contributed by atoms with Crippen LogP contribution in [0, 0.1) is 0 Å². The van der Waals surface area contributed by atoms with Crippen molar-refractivity contribution in [3.63, 3.8) is 0 Å². The van der Waals surface area contributed by atoms with Crippen molar-refractivity contribution in [3.05, 3.63) is 0 Å². The van der Waals surface area contributed by atoms with Gasteiger partial charge in [0.25, 0.3) is 0 Å². The summed E-state index contributed by atoms with van der Waals surface area (Å²) in [6, 6.07) is 0. The molecule has 0 saturated carbocycles. The summed E-state index contributed by atoms with van der Waals surface area (Å²) in [5, 5.41) is 0. The molecule has 2 heteroatoms. The van der Waals surface area contributed by atoms with Gasteiger partial charge in [-0.15, -0.1) is 0 Å². The lowest BCUT2D eigenvalue weighted by atomic mass is 10.2. The number of hydrogen-bond acceptors (Lipinski definition) is 1. The number of halogens is 1. The highest BCUT2D eigenvalue weighted by molar-refractivity contribution is 6.17. The van der Waals surface area contributed by atoms with Crippen LogP contribution in [0.25, 0.3) is 0 Å². The van der Waals surface area contributed by atoms with Gasteiger partial charge in [0.05, 0.1) is 0 Å². The topological polar surface area (TPSA) is 12.4 Å². The normalized spacial score (nSPS) is 10.8. The van der Waals surface area contributed by atoms with Crippen LogP contribution in [0.4, 0.5) is 0 Å². The number of hydrogen-bond donors (Lipinski definition) is 0. The van der Waals surface area contributed by atoms with Crippen LogP contribution in [0.3, 0.4) is 0 Å². The first kappa shape index (κ1) is 7.96. The molecule has 0 aliphatic rings. The minimum Gasteiger partial charge on any atom is -0.191 e. The van der Waals surface area contributed by atoms with Gasteiger partial charge >= 0.3 is 0 Å². The fourth-order valence-corrected chi connectivity index (χ4v) is 0.632. The van der Waals surface area contributed by atoms with Gasteiger partial charge in [-0.3, -0.25) is 0 Å². The molecule has 0 aromatic rings. The largest absolute Gasteiger partial charge is 0.191 e. The maximum absolute atomic E-state index is 5.05. The SMILES string of the molecule is CCCCC/C=N/Cl. The second kappa shape index (κ2) is 6.96. The third kappa shape index (κ3) is 5.96. The molecular weight excluding hydrogens is 122 g/mol. The van der Waals surface area contributed by atoms with Gasteiger partial charge in [-0.1, -0.05) is 19.8 Å². The molecular formula is C6H12ClN. The summed E-state index contributed by atoms with van der Waals surface area (Å²) in [7, 11) is 0. The molecule has 0 fully saturated rings. The van der Waals surface area contributed by atoms with E-state index in [4.69, 9.17) is 11.8 Å². The van der Waals surface area contributed by atoms with Crippen molar-refractivity contribution >= 4 is 18.0 Å². The summed E-state index contributed by atoms with van der Waals surface area (Å²) in [4.78, 5) is 0. The lowest BCUT2D eigenvalue weighted by Gasteiger charge is -1.87. The average Bonchev–Trinajstić information content (AvgIpc) is 1.81. The summed E-state index contributed by atoms with van der Waals surface area (Å²) >= 11 is 5.05. The molecule has 0 atom stereocenters. The van der Waals surface area contributed by atoms with Crippen LogP contribution in [-0.2, 0) is 0 Å². The van der Waals surface area contributed by atoms with Crippen LogP contribution in [-0.4, -0.2) is 6.21 Å². The van der Waals surface area contributed by atoms with Crippen molar-refractivity contribution in [2.75, 3.05) is 0 Å². The van der Waals surface area contributed by atoms with E-state index in [9.17, 15) is 0 Å². The van der Waals surface area contributed by atoms with E-state index in [1.165, 1.54) is 19.3 Å². The number of unbranched alkanes of at least 4 members (excludes halogenated alkanes) is 3. The molecule has 0 amide bonds. The first-order chi connectivity index (χ1) is 3.91. The van der Waals surface area contributed by atoms with Crippen molar-refractivity contribution in [1.29, 1.82) is 0 Å². The highest BCUT2D eigenvalue weighted by Crippen LogP contribution is 1.96. The Hall–Kier alpha value is -0.0400. The van der Waals surface area contributed by atoms with Crippen molar-refractivity contribution < 1.29 is 0 Å². The van der Waals surface area contributed by atoms with Gasteiger partial charge in [0.1, 0.15) is 0 Å². The van der Waals surface area contributed by atoms with E-state index >= 15 is 0 Å². The molecule has 0 heterocycles. The molecule has 0 aromatic carbocycles. The van der Waals surface area contributed by atoms with Crippen LogP contribution >= 0.6 is 11.8 Å². The van der Waals surface area contributed by atoms with Crippen LogP contribution < -0.4 is 0 Å². The van der Waals surface area contributed by atoms with Gasteiger partial charge in [-0.2, -0.15) is 4.51 Å². The van der Waals surface area contributed by atoms with Crippen LogP contribution in [0.5, 0.6) is 0 Å². The van der Waals surface area contributed by atoms with Gasteiger partial charge in [-0.25, -0.2) is 0 Å². The van der Waals surface area contributed by atoms with Gasteiger partial charge in [-0.05, 0) is 12.8 Å². The fraction of sp³-hybridized carbons (Fsp3) is 0.833. The average molecular weight is 134 g/mol. The predicted molar refractivity (Wildman–Crippen MR) is 38.5 cm³/mol. The molecule has 0 unspecified atom stereocenters. The van der Waals surface area contributed by atoms with Gasteiger partial charge in [0, 0.05) is 18.0 Å². The summed E-state index contributed by atoms with van der Waals surface area (Å²) in [6.45, 7) is 2.18. The lowest BCUT2D eigenvalue weighted by molar-refractivity contribution is 0.746. The van der Waals surface area contributed by atoms with E-state index in [1.54, 1.807) is 6.21 Å². The van der Waals surface area contributed by atoms with Crippen molar-refractivity contribution in [3.8, 4) is 0 Å². The molecule has 0 rings (SSSR count). The Kier molecular flexibility index (Phi) is 6.93. The van der Waals surface area contributed by atoms with E-state index in [0.29, 0.717) is 0 Å². The quantitative estimate of drug-likeness (QED) is 0.413. The maximum Gasteiger partial charge on any atom is 0.0361 e. The molecule has 0 aliphatic heterocycles. The number of nitrogens with zero attached hydrogens (tertiary/aromatic N) is 1. The maximum atomic E-state index is 5.05. The molecule has 0 N–H and O–H groups in total. The highest BCUT2D eigenvalue weighted by Gasteiger charge is 1.79. The fourth-order valence-electron chi connectivity index (χ4n) is 0.534. The summed E-state index contributed by atoms with van der Waals surface area (Å²) in [5.41, 5.74) is 0. The smallest absolute Gasteiger partial charge is 0.0361 e. The molecule has 0 spiro atoms. The van der Waals surface area contributed by atoms with Crippen molar-refractivity contribution in [2.24, 2.45) is 4.51 Å². The third-order valence-electron chi connectivity index (χ3n) is 1.01. The second-order valence-corrected chi connectivity index (χ2v) is 1.97. The monoisotopic (exact) mass is 133 g/mol. The Morgan fingerprint density at radius 3 is 2.75 bits per heavy atom. The van der Waals surface area contributed by atoms with Gasteiger partial charge in [0.2, 0.25) is 0 Å². The van der Waals surface area contributed by atoms with E-state index in [-0.39, 0.29) is 0 Å². The molecule has 0 aromatic heterocycles. The Balaban J connectivity index is 2.72. The van der Waals surface area contributed by atoms with Crippen LogP contribution in [0.2, 0.25) is 0 Å². The molecule has 0 saturated heterocycles. The Morgan fingerprint density at radius 1 is 1.50 bits per heavy atom. The molecule has 8 heavy (non-hydrogen) atoms. The Bertz CT molecular complexity index is 61.5. The van der Waals surface area contributed by atoms with Gasteiger partial charge in [0.15, 0.2) is 0 Å². The predicted octanol–water partition coefficient (Wildman–Crippen LogP) is 2.79. The first-order valence-corrected chi connectivity index (χ1v) is 3.38. The van der Waals surface area contributed by atoms with Crippen molar-refractivity contribution in [1.82, 2.24) is 0 Å². The third-order valence-corrected chi connectivity index (χ3v) is 1.14. The minimum absolute atomic E-state index is 1.03. The lowest BCUT2D eigenvalue weighted by Crippen LogP contribution is -1.74. The Morgan fingerprint density at radius 2 is 2.25 bits per heavy atom. The minimum atomic E-state index is 1.03. The van der Waals surface area contributed by atoms with Gasteiger partial charge < -0.3 is 0 Å². The van der Waals surface area contributed by atoms with Crippen molar-refractivity contribution in [2.45, 2.75) is 32.6 Å². The van der Waals surface area contributed by atoms with Crippen LogP contribution in [0.1, 0.15) is 32.6 Å². The standard InChI is InChI=1S/C6H12ClN/c1-2-3-4-5-6-8-7/h6H,2-5H2,1H3/b8-6+. The summed E-state index contributed by atoms with van der Waals surface area (Å²) < 4.78 is 3.35. The molecule has 0 aliphatic carbocycles. The molecule has 48 valence electrons. The zero-order valence-electron chi connectivity index (χ0n) is 5.23. The van der Waals surface area contributed by atoms with E-state index < -0.39 is 0 Å². The van der Waals surface area contributed by atoms with Crippen LogP contribution in [0.15, 0.2) is 4.51 Å². The summed E-state index contributed by atoms with van der Waals surface area (Å²) in [5.74, 6) is 0. The number of rotatable bonds is 4. The highest BCUT2D eigenvalue weighted by atomic mass is 35.5. The molecule has 1 nitrogen and oxygen atoms in total.